The van der Waals surface area contributed by atoms with Crippen LogP contribution in [0.1, 0.15) is 57.2 Å². The van der Waals surface area contributed by atoms with Gasteiger partial charge in [-0.2, -0.15) is 0 Å². The molecule has 3 aromatic carbocycles. The van der Waals surface area contributed by atoms with Crippen LogP contribution < -0.4 is 15.4 Å². The highest BCUT2D eigenvalue weighted by Crippen LogP contribution is 2.37. The average molecular weight is 574 g/mol. The first kappa shape index (κ1) is 30.4. The molecule has 3 N–H and O–H groups in total. The number of para-hydroxylation sites is 1. The Hall–Kier alpha value is -4.53. The number of alkyl carbamates (subject to hydrolysis) is 1. The van der Waals surface area contributed by atoms with E-state index in [0.29, 0.717) is 29.8 Å². The van der Waals surface area contributed by atoms with Crippen molar-refractivity contribution in [3.63, 3.8) is 0 Å². The minimum Gasteiger partial charge on any atom is -0.508 e. The summed E-state index contributed by atoms with van der Waals surface area (Å²) >= 11 is 0. The summed E-state index contributed by atoms with van der Waals surface area (Å²) in [4.78, 5) is 43.0. The smallest absolute Gasteiger partial charge is 0.408 e. The molecule has 0 aromatic heterocycles. The van der Waals surface area contributed by atoms with Gasteiger partial charge in [-0.25, -0.2) is 4.79 Å². The Morgan fingerprint density at radius 2 is 1.60 bits per heavy atom. The molecule has 222 valence electrons. The number of aromatic hydroxyl groups is 1. The summed E-state index contributed by atoms with van der Waals surface area (Å²) in [5.41, 5.74) is 0.867. The van der Waals surface area contributed by atoms with E-state index in [1.807, 2.05) is 30.3 Å². The topological polar surface area (TPSA) is 117 Å². The summed E-state index contributed by atoms with van der Waals surface area (Å²) in [6.07, 6.45) is 1.74. The van der Waals surface area contributed by atoms with Gasteiger partial charge in [0.05, 0.1) is 7.11 Å². The number of carbonyl (C=O) groups is 3. The highest BCUT2D eigenvalue weighted by atomic mass is 16.6. The van der Waals surface area contributed by atoms with Crippen LogP contribution in [0.3, 0.4) is 0 Å². The van der Waals surface area contributed by atoms with Gasteiger partial charge in [0.15, 0.2) is 0 Å². The number of rotatable bonds is 10. The molecule has 1 saturated carbocycles. The second-order valence-corrected chi connectivity index (χ2v) is 11.4. The lowest BCUT2D eigenvalue weighted by atomic mass is 9.87. The Balaban J connectivity index is 1.73. The highest BCUT2D eigenvalue weighted by Gasteiger charge is 2.43. The standard InChI is InChI=1S/C33H39N3O6/c1-33(2,3)42-32(40)35-27(21-22-11-6-5-7-12-22)31(39)36(24-13-10-14-24)29(26-15-8-9-16-28(26)37)30(38)34-23-17-19-25(41-4)20-18-23/h5-9,11-12,15-20,24,27,29,37H,10,13-14,21H2,1-4H3,(H,34,38)(H,35,40). The van der Waals surface area contributed by atoms with Gasteiger partial charge in [-0.3, -0.25) is 9.59 Å². The Bertz CT molecular complexity index is 1370. The monoisotopic (exact) mass is 573 g/mol. The third kappa shape index (κ3) is 7.81. The molecule has 0 bridgehead atoms. The molecule has 4 rings (SSSR count). The molecule has 0 heterocycles. The fourth-order valence-corrected chi connectivity index (χ4v) is 4.88. The summed E-state index contributed by atoms with van der Waals surface area (Å²) in [6, 6.07) is 20.3. The van der Waals surface area contributed by atoms with Gasteiger partial charge >= 0.3 is 6.09 Å². The Morgan fingerprint density at radius 1 is 0.952 bits per heavy atom. The minimum atomic E-state index is -1.16. The summed E-state index contributed by atoms with van der Waals surface area (Å²) in [5, 5.41) is 16.6. The molecule has 0 spiro atoms. The molecule has 3 amide bonds. The van der Waals surface area contributed by atoms with E-state index >= 15 is 0 Å². The van der Waals surface area contributed by atoms with Crippen LogP contribution in [0, 0.1) is 0 Å². The van der Waals surface area contributed by atoms with Crippen LogP contribution in [-0.4, -0.2) is 52.7 Å². The van der Waals surface area contributed by atoms with Gasteiger partial charge in [0.2, 0.25) is 5.91 Å². The Labute approximate surface area is 246 Å². The van der Waals surface area contributed by atoms with Crippen molar-refractivity contribution in [1.82, 2.24) is 10.2 Å². The van der Waals surface area contributed by atoms with E-state index in [1.165, 1.54) is 11.0 Å². The van der Waals surface area contributed by atoms with E-state index in [2.05, 4.69) is 10.6 Å². The fourth-order valence-electron chi connectivity index (χ4n) is 4.88. The molecule has 2 atom stereocenters. The fraction of sp³-hybridized carbons (Fsp3) is 0.364. The maximum absolute atomic E-state index is 14.5. The lowest BCUT2D eigenvalue weighted by Gasteiger charge is -2.43. The molecule has 0 saturated heterocycles. The highest BCUT2D eigenvalue weighted by molar-refractivity contribution is 5.99. The van der Waals surface area contributed by atoms with E-state index in [9.17, 15) is 19.5 Å². The van der Waals surface area contributed by atoms with E-state index in [4.69, 9.17) is 9.47 Å². The van der Waals surface area contributed by atoms with E-state index < -0.39 is 35.6 Å². The molecule has 0 aliphatic heterocycles. The number of phenols is 1. The number of hydrogen-bond acceptors (Lipinski definition) is 6. The zero-order valence-corrected chi connectivity index (χ0v) is 24.5. The molecule has 9 heteroatoms. The summed E-state index contributed by atoms with van der Waals surface area (Å²) in [7, 11) is 1.56. The molecular weight excluding hydrogens is 534 g/mol. The van der Waals surface area contributed by atoms with E-state index in [0.717, 1.165) is 12.0 Å². The lowest BCUT2D eigenvalue weighted by Crippen LogP contribution is -2.57. The van der Waals surface area contributed by atoms with Crippen molar-refractivity contribution in [1.29, 1.82) is 0 Å². The molecule has 1 aliphatic rings. The van der Waals surface area contributed by atoms with Crippen molar-refractivity contribution in [3.05, 3.63) is 90.0 Å². The molecule has 1 fully saturated rings. The predicted molar refractivity (Wildman–Crippen MR) is 160 cm³/mol. The zero-order chi connectivity index (χ0) is 30.3. The molecule has 0 radical (unpaired) electrons. The number of nitrogens with zero attached hydrogens (tertiary/aromatic N) is 1. The second-order valence-electron chi connectivity index (χ2n) is 11.4. The SMILES string of the molecule is COc1ccc(NC(=O)C(c2ccccc2O)N(C(=O)C(Cc2ccccc2)NC(=O)OC(C)(C)C)C2CCC2)cc1. The van der Waals surface area contributed by atoms with Crippen LogP contribution in [0.25, 0.3) is 0 Å². The molecule has 2 unspecified atom stereocenters. The predicted octanol–water partition coefficient (Wildman–Crippen LogP) is 5.60. The van der Waals surface area contributed by atoms with Gasteiger partial charge in [-0.1, -0.05) is 48.5 Å². The second kappa shape index (κ2) is 13.4. The quantitative estimate of drug-likeness (QED) is 0.291. The maximum Gasteiger partial charge on any atom is 0.408 e. The summed E-state index contributed by atoms with van der Waals surface area (Å²) in [5.74, 6) is -0.400. The van der Waals surface area contributed by atoms with Crippen molar-refractivity contribution in [2.45, 2.75) is 70.2 Å². The zero-order valence-electron chi connectivity index (χ0n) is 24.5. The molecular formula is C33H39N3O6. The number of anilines is 1. The summed E-state index contributed by atoms with van der Waals surface area (Å²) < 4.78 is 10.7. The first-order valence-corrected chi connectivity index (χ1v) is 14.1. The van der Waals surface area contributed by atoms with Gasteiger partial charge in [0.25, 0.3) is 5.91 Å². The molecule has 9 nitrogen and oxygen atoms in total. The van der Waals surface area contributed by atoms with Crippen LogP contribution in [0.15, 0.2) is 78.9 Å². The molecule has 3 aromatic rings. The van der Waals surface area contributed by atoms with Crippen LogP contribution in [0.2, 0.25) is 0 Å². The van der Waals surface area contributed by atoms with Crippen LogP contribution >= 0.6 is 0 Å². The third-order valence-corrected chi connectivity index (χ3v) is 7.11. The lowest BCUT2D eigenvalue weighted by molar-refractivity contribution is -0.145. The molecule has 42 heavy (non-hydrogen) atoms. The van der Waals surface area contributed by atoms with Crippen molar-refractivity contribution in [2.24, 2.45) is 0 Å². The van der Waals surface area contributed by atoms with Gasteiger partial charge < -0.3 is 30.1 Å². The van der Waals surface area contributed by atoms with Crippen molar-refractivity contribution >= 4 is 23.6 Å². The van der Waals surface area contributed by atoms with Gasteiger partial charge in [0.1, 0.15) is 29.2 Å². The van der Waals surface area contributed by atoms with Gasteiger partial charge in [-0.15, -0.1) is 0 Å². The molecule has 1 aliphatic carbocycles. The third-order valence-electron chi connectivity index (χ3n) is 7.11. The number of hydrogen-bond donors (Lipinski definition) is 3. The summed E-state index contributed by atoms with van der Waals surface area (Å²) in [6.45, 7) is 5.25. The Morgan fingerprint density at radius 3 is 2.17 bits per heavy atom. The van der Waals surface area contributed by atoms with Crippen LogP contribution in [-0.2, 0) is 20.7 Å². The number of carbonyl (C=O) groups excluding carboxylic acids is 3. The van der Waals surface area contributed by atoms with Crippen molar-refractivity contribution in [2.75, 3.05) is 12.4 Å². The number of ether oxygens (including phenoxy) is 2. The largest absolute Gasteiger partial charge is 0.508 e. The van der Waals surface area contributed by atoms with Crippen LogP contribution in [0.5, 0.6) is 11.5 Å². The average Bonchev–Trinajstić information content (AvgIpc) is 2.92. The Kier molecular flexibility index (Phi) is 9.72. The number of nitrogens with one attached hydrogen (secondary N) is 2. The van der Waals surface area contributed by atoms with Crippen molar-refractivity contribution in [3.8, 4) is 11.5 Å². The van der Waals surface area contributed by atoms with E-state index in [-0.39, 0.29) is 18.2 Å². The van der Waals surface area contributed by atoms with Gasteiger partial charge in [0, 0.05) is 23.7 Å². The van der Waals surface area contributed by atoms with Gasteiger partial charge in [-0.05, 0) is 75.9 Å². The number of methoxy groups -OCH3 is 1. The van der Waals surface area contributed by atoms with Crippen molar-refractivity contribution < 1.29 is 29.0 Å². The minimum absolute atomic E-state index is 0.107. The number of phenolic OH excluding ortho intramolecular Hbond substituents is 1. The van der Waals surface area contributed by atoms with E-state index in [1.54, 1.807) is 70.3 Å². The number of benzene rings is 3. The maximum atomic E-state index is 14.5. The number of amides is 3. The first-order chi connectivity index (χ1) is 20.1. The van der Waals surface area contributed by atoms with Crippen LogP contribution in [0.4, 0.5) is 10.5 Å². The normalized spacial score (nSPS) is 14.6. The first-order valence-electron chi connectivity index (χ1n) is 14.1.